The van der Waals surface area contributed by atoms with Gasteiger partial charge in [-0.25, -0.2) is 0 Å². The molecular formula is C54H69N3O9S3. The van der Waals surface area contributed by atoms with Gasteiger partial charge in [-0.2, -0.15) is 35.3 Å². The second-order valence-electron chi connectivity index (χ2n) is 18.6. The number of hydrogen-bond acceptors (Lipinski definition) is 15. The molecule has 4 heterocycles. The third-order valence-electron chi connectivity index (χ3n) is 14.0. The van der Waals surface area contributed by atoms with Gasteiger partial charge in [0, 0.05) is 107 Å². The van der Waals surface area contributed by atoms with E-state index in [0.717, 1.165) is 36.0 Å². The number of nitrogens with zero attached hydrogens (tertiary/aromatic N) is 3. The molecule has 372 valence electrons. The topological polar surface area (TPSA) is 149 Å². The third-order valence-corrected chi connectivity index (χ3v) is 17.2. The number of phenolic OH excluding ortho intramolecular Hbond substituents is 3. The number of fused-ring (bicyclic) bond motifs is 9. The zero-order valence-corrected chi connectivity index (χ0v) is 44.1. The van der Waals surface area contributed by atoms with Crippen molar-refractivity contribution < 1.29 is 43.9 Å². The van der Waals surface area contributed by atoms with Gasteiger partial charge in [-0.05, 0) is 73.4 Å². The van der Waals surface area contributed by atoms with Crippen molar-refractivity contribution in [2.45, 2.75) is 135 Å². The van der Waals surface area contributed by atoms with Crippen LogP contribution in [0.3, 0.4) is 0 Å². The lowest BCUT2D eigenvalue weighted by Crippen LogP contribution is -2.44. The predicted octanol–water partition coefficient (Wildman–Crippen LogP) is 8.79. The smallest absolute Gasteiger partial charge is 0.323 e. The van der Waals surface area contributed by atoms with Crippen LogP contribution in [-0.4, -0.2) is 105 Å². The highest BCUT2D eigenvalue weighted by molar-refractivity contribution is 7.99. The fourth-order valence-corrected chi connectivity index (χ4v) is 14.5. The molecule has 12 nitrogen and oxygen atoms in total. The molecule has 4 aliphatic rings. The number of phenols is 3. The summed E-state index contributed by atoms with van der Waals surface area (Å²) in [4.78, 5) is 48.9. The third kappa shape index (κ3) is 11.4. The van der Waals surface area contributed by atoms with Gasteiger partial charge in [0.1, 0.15) is 35.4 Å². The van der Waals surface area contributed by atoms with Crippen molar-refractivity contribution in [1.82, 2.24) is 14.7 Å². The summed E-state index contributed by atoms with van der Waals surface area (Å²) < 4.78 is 16.8. The Bertz CT molecular complexity index is 2190. The molecule has 0 saturated carbocycles. The van der Waals surface area contributed by atoms with Gasteiger partial charge in [0.15, 0.2) is 0 Å². The van der Waals surface area contributed by atoms with Gasteiger partial charge in [-0.3, -0.25) is 29.1 Å². The minimum Gasteiger partial charge on any atom is -0.507 e. The van der Waals surface area contributed by atoms with Gasteiger partial charge in [0.2, 0.25) is 0 Å². The summed E-state index contributed by atoms with van der Waals surface area (Å²) in [5.41, 5.74) is 13.6. The van der Waals surface area contributed by atoms with Crippen molar-refractivity contribution >= 4 is 53.2 Å². The van der Waals surface area contributed by atoms with Crippen molar-refractivity contribution in [3.63, 3.8) is 0 Å². The highest BCUT2D eigenvalue weighted by Crippen LogP contribution is 2.41. The van der Waals surface area contributed by atoms with Crippen molar-refractivity contribution in [2.75, 3.05) is 38.6 Å². The summed E-state index contributed by atoms with van der Waals surface area (Å²) in [5.74, 6) is 1.84. The summed E-state index contributed by atoms with van der Waals surface area (Å²) in [6.07, 6.45) is 2.36. The van der Waals surface area contributed by atoms with Gasteiger partial charge >= 0.3 is 17.9 Å². The maximum absolute atomic E-state index is 14.3. The Morgan fingerprint density at radius 3 is 0.870 bits per heavy atom. The van der Waals surface area contributed by atoms with Crippen LogP contribution in [0.25, 0.3) is 0 Å². The molecule has 0 radical (unpaired) electrons. The monoisotopic (exact) mass is 999 g/mol. The highest BCUT2D eigenvalue weighted by Gasteiger charge is 2.35. The molecule has 0 fully saturated rings. The summed E-state index contributed by atoms with van der Waals surface area (Å²) in [6.45, 7) is 13.2. The Hall–Kier alpha value is -4.38. The van der Waals surface area contributed by atoms with E-state index in [1.165, 1.54) is 54.7 Å². The molecule has 69 heavy (non-hydrogen) atoms. The lowest BCUT2D eigenvalue weighted by molar-refractivity contribution is -0.147. The van der Waals surface area contributed by atoms with E-state index in [1.54, 1.807) is 35.3 Å². The zero-order valence-electron chi connectivity index (χ0n) is 41.7. The highest BCUT2D eigenvalue weighted by atomic mass is 32.2. The van der Waals surface area contributed by atoms with Crippen molar-refractivity contribution in [2.24, 2.45) is 0 Å². The van der Waals surface area contributed by atoms with Gasteiger partial charge in [-0.1, -0.05) is 73.9 Å². The zero-order chi connectivity index (χ0) is 49.7. The number of aryl methyl sites for hydroxylation is 3. The molecular weight excluding hydrogens is 931 g/mol. The van der Waals surface area contributed by atoms with Crippen molar-refractivity contribution in [3.8, 4) is 17.2 Å². The van der Waals surface area contributed by atoms with Gasteiger partial charge < -0.3 is 29.5 Å². The Morgan fingerprint density at radius 1 is 0.464 bits per heavy atom. The van der Waals surface area contributed by atoms with Crippen molar-refractivity contribution in [1.29, 1.82) is 0 Å². The van der Waals surface area contributed by atoms with E-state index in [-0.39, 0.29) is 56.5 Å². The lowest BCUT2D eigenvalue weighted by atomic mass is 9.85. The maximum Gasteiger partial charge on any atom is 0.323 e. The van der Waals surface area contributed by atoms with Gasteiger partial charge in [0.05, 0.1) is 21.3 Å². The average Bonchev–Trinajstić information content (AvgIpc) is 3.32. The fraction of sp³-hybridized carbons (Fsp3) is 0.500. The SMILES string of the molecule is CCc1c2c(CC)c3c(CC)c1CSC[C@H](C(=O)OC)N1Cc4cc(C)cc(c4O)CN(Cc4cc(C)cc(c4O)CN(Cc4cc(C)cc(c4O)C1)[C@H](C(=O)OC)CSC3)[C@@H](C(=O)OC)CSC2. The molecule has 15 heteroatoms. The van der Waals surface area contributed by atoms with Gasteiger partial charge in [-0.15, -0.1) is 0 Å². The Labute approximate surface area is 420 Å². The maximum atomic E-state index is 14.3. The van der Waals surface area contributed by atoms with E-state index in [1.807, 2.05) is 71.9 Å². The van der Waals surface area contributed by atoms with Crippen LogP contribution in [0, 0.1) is 20.8 Å². The summed E-state index contributed by atoms with van der Waals surface area (Å²) in [7, 11) is 4.20. The van der Waals surface area contributed by atoms with Crippen LogP contribution < -0.4 is 0 Å². The van der Waals surface area contributed by atoms with E-state index >= 15 is 0 Å². The summed E-state index contributed by atoms with van der Waals surface area (Å²) in [5, 5.41) is 37.4. The lowest BCUT2D eigenvalue weighted by Gasteiger charge is -2.34. The summed E-state index contributed by atoms with van der Waals surface area (Å²) >= 11 is 5.05. The molecule has 0 aliphatic carbocycles. The number of aromatic hydroxyl groups is 3. The number of methoxy groups -OCH3 is 3. The molecule has 4 aromatic rings. The van der Waals surface area contributed by atoms with Crippen LogP contribution in [0.1, 0.15) is 104 Å². The molecule has 2 unspecified atom stereocenters. The molecule has 0 saturated heterocycles. The molecule has 0 amide bonds. The number of benzene rings is 4. The first-order chi connectivity index (χ1) is 33.1. The Morgan fingerprint density at radius 2 is 0.681 bits per heavy atom. The molecule has 3 N–H and O–H groups in total. The quantitative estimate of drug-likeness (QED) is 0.125. The number of esters is 3. The number of thioether (sulfide) groups is 3. The second-order valence-corrected chi connectivity index (χ2v) is 21.7. The largest absolute Gasteiger partial charge is 0.507 e. The van der Waals surface area contributed by atoms with E-state index in [0.29, 0.717) is 67.9 Å². The number of carbonyl (C=O) groups is 3. The van der Waals surface area contributed by atoms with Gasteiger partial charge in [0.25, 0.3) is 0 Å². The number of ether oxygens (including phenoxy) is 3. The molecule has 4 aliphatic heterocycles. The number of hydrogen-bond donors (Lipinski definition) is 3. The van der Waals surface area contributed by atoms with Crippen LogP contribution in [0.4, 0.5) is 0 Å². The van der Waals surface area contributed by atoms with Crippen LogP contribution in [-0.2, 0) is 104 Å². The van der Waals surface area contributed by atoms with Crippen molar-refractivity contribution in [3.05, 3.63) is 120 Å². The molecule has 5 atom stereocenters. The Kier molecular flexibility index (Phi) is 17.7. The number of carbonyl (C=O) groups excluding carboxylic acids is 3. The number of rotatable bonds is 6. The predicted molar refractivity (Wildman–Crippen MR) is 277 cm³/mol. The first-order valence-corrected chi connectivity index (χ1v) is 27.4. The van der Waals surface area contributed by atoms with Crippen LogP contribution >= 0.6 is 35.3 Å². The average molecular weight is 1000 g/mol. The standard InChI is InChI=1S/C54H69N3O9S3/c1-10-40-43-25-67-28-46(52(61)64-7)55-19-34-13-31(4)14-35(49(34)58)20-56-22-37-16-33(6)18-39(51(37)60)24-57(23-38-17-32(5)15-36(21-55)50(38)59)48(54(63)66-9)30-69-27-45(41(43)11-2)42(12-3)44(40)26-68-29-47(56)53(62)65-8/h13-18,46-48,58-60H,10-12,19-30H2,1-9H3/t46-,47-,48+/m1/s1. The second kappa shape index (κ2) is 23.2. The van der Waals surface area contributed by atoms with E-state index in [4.69, 9.17) is 14.2 Å². The van der Waals surface area contributed by atoms with Crippen LogP contribution in [0.2, 0.25) is 0 Å². The molecule has 12 bridgehead atoms. The first-order valence-electron chi connectivity index (χ1n) is 23.9. The molecule has 0 aromatic heterocycles. The van der Waals surface area contributed by atoms with E-state index in [2.05, 4.69) is 20.8 Å². The first kappa shape index (κ1) is 52.4. The van der Waals surface area contributed by atoms with E-state index in [9.17, 15) is 29.7 Å². The molecule has 0 spiro atoms. The minimum atomic E-state index is -0.790. The minimum absolute atomic E-state index is 0.0285. The summed E-state index contributed by atoms with van der Waals surface area (Å²) in [6, 6.07) is 9.15. The van der Waals surface area contributed by atoms with E-state index < -0.39 is 36.0 Å². The normalized spacial score (nSPS) is 22.2. The van der Waals surface area contributed by atoms with Crippen LogP contribution in [0.15, 0.2) is 36.4 Å². The molecule has 4 aromatic carbocycles. The Balaban J connectivity index is 1.61. The fourth-order valence-electron chi connectivity index (χ4n) is 10.8. The van der Waals surface area contributed by atoms with Crippen LogP contribution in [0.5, 0.6) is 17.2 Å². The molecule has 8 rings (SSSR count).